The summed E-state index contributed by atoms with van der Waals surface area (Å²) in [5.41, 5.74) is 6.30. The molecular formula is C15H19N3O3. The monoisotopic (exact) mass is 289 g/mol. The highest BCUT2D eigenvalue weighted by Gasteiger charge is 2.16. The van der Waals surface area contributed by atoms with Crippen molar-refractivity contribution in [2.75, 3.05) is 26.7 Å². The predicted octanol–water partition coefficient (Wildman–Crippen LogP) is 0.417. The Labute approximate surface area is 124 Å². The molecule has 0 radical (unpaired) electrons. The van der Waals surface area contributed by atoms with Gasteiger partial charge in [-0.2, -0.15) is 0 Å². The molecule has 0 atom stereocenters. The Hall–Kier alpha value is -2.39. The number of hydrogen-bond acceptors (Lipinski definition) is 5. The van der Waals surface area contributed by atoms with Crippen LogP contribution in [0.5, 0.6) is 0 Å². The van der Waals surface area contributed by atoms with E-state index in [1.165, 1.54) is 17.3 Å². The van der Waals surface area contributed by atoms with Gasteiger partial charge < -0.3 is 15.4 Å². The maximum atomic E-state index is 12.3. The Balaban J connectivity index is 2.76. The lowest BCUT2D eigenvalue weighted by atomic mass is 10.1. The van der Waals surface area contributed by atoms with Crippen LogP contribution in [0, 0.1) is 11.8 Å². The van der Waals surface area contributed by atoms with Gasteiger partial charge in [0.25, 0.3) is 5.91 Å². The summed E-state index contributed by atoms with van der Waals surface area (Å²) < 4.78 is 4.83. The molecule has 0 unspecified atom stereocenters. The number of carbonyl (C=O) groups is 2. The molecule has 2 N–H and O–H groups in total. The van der Waals surface area contributed by atoms with Crippen molar-refractivity contribution in [2.24, 2.45) is 5.73 Å². The minimum atomic E-state index is -0.324. The van der Waals surface area contributed by atoms with Crippen LogP contribution in [0.1, 0.15) is 29.3 Å². The van der Waals surface area contributed by atoms with Gasteiger partial charge in [0.05, 0.1) is 30.7 Å². The molecular weight excluding hydrogens is 270 g/mol. The molecule has 0 aliphatic rings. The summed E-state index contributed by atoms with van der Waals surface area (Å²) in [5.74, 6) is 4.97. The summed E-state index contributed by atoms with van der Waals surface area (Å²) in [6.07, 6.45) is 3.21. The zero-order chi connectivity index (χ0) is 15.7. The van der Waals surface area contributed by atoms with Gasteiger partial charge in [0.1, 0.15) is 0 Å². The first-order valence-electron chi connectivity index (χ1n) is 6.64. The van der Waals surface area contributed by atoms with Gasteiger partial charge in [-0.3, -0.25) is 14.6 Å². The van der Waals surface area contributed by atoms with Gasteiger partial charge in [0.15, 0.2) is 0 Å². The highest BCUT2D eigenvalue weighted by atomic mass is 16.5. The third-order valence-corrected chi connectivity index (χ3v) is 2.68. The van der Waals surface area contributed by atoms with E-state index >= 15 is 0 Å². The van der Waals surface area contributed by atoms with Crippen LogP contribution in [0.4, 0.5) is 0 Å². The lowest BCUT2D eigenvalue weighted by Crippen LogP contribution is -2.30. The topological polar surface area (TPSA) is 85.5 Å². The third kappa shape index (κ3) is 5.24. The summed E-state index contributed by atoms with van der Waals surface area (Å²) in [6, 6.07) is 1.60. The lowest BCUT2D eigenvalue weighted by molar-refractivity contribution is -0.143. The molecule has 0 saturated carbocycles. The van der Waals surface area contributed by atoms with Crippen LogP contribution in [0.3, 0.4) is 0 Å². The number of pyridine rings is 1. The number of rotatable bonds is 5. The molecule has 1 rings (SSSR count). The Morgan fingerprint density at radius 3 is 2.90 bits per heavy atom. The van der Waals surface area contributed by atoms with Crippen LogP contribution in [0.25, 0.3) is 0 Å². The van der Waals surface area contributed by atoms with Crippen LogP contribution in [0.2, 0.25) is 0 Å². The Kier molecular flexibility index (Phi) is 6.92. The first kappa shape index (κ1) is 16.7. The predicted molar refractivity (Wildman–Crippen MR) is 78.4 cm³/mol. The van der Waals surface area contributed by atoms with E-state index in [1.807, 2.05) is 0 Å². The fraction of sp³-hybridized carbons (Fsp3) is 0.400. The summed E-state index contributed by atoms with van der Waals surface area (Å²) in [7, 11) is 1.63. The van der Waals surface area contributed by atoms with Crippen LogP contribution >= 0.6 is 0 Å². The fourth-order valence-electron chi connectivity index (χ4n) is 1.63. The van der Waals surface area contributed by atoms with E-state index in [-0.39, 0.29) is 31.4 Å². The molecule has 0 aliphatic carbocycles. The number of aromatic nitrogens is 1. The van der Waals surface area contributed by atoms with Gasteiger partial charge in [0, 0.05) is 26.0 Å². The van der Waals surface area contributed by atoms with E-state index in [9.17, 15) is 9.59 Å². The summed E-state index contributed by atoms with van der Waals surface area (Å²) in [4.78, 5) is 29.1. The lowest BCUT2D eigenvalue weighted by Gasteiger charge is -2.17. The van der Waals surface area contributed by atoms with Crippen molar-refractivity contribution in [1.82, 2.24) is 9.88 Å². The molecule has 0 aromatic carbocycles. The van der Waals surface area contributed by atoms with Crippen molar-refractivity contribution in [3.63, 3.8) is 0 Å². The standard InChI is InChI=1S/C15H19N3O3/c1-3-21-14(19)7-10-18(2)15(20)13-6-9-17-11-12(13)5-4-8-16/h6,9,11H,3,7-8,10,16H2,1-2H3. The van der Waals surface area contributed by atoms with Crippen LogP contribution < -0.4 is 5.73 Å². The average molecular weight is 289 g/mol. The summed E-state index contributed by atoms with van der Waals surface area (Å²) in [5, 5.41) is 0. The molecule has 0 aliphatic heterocycles. The second-order valence-electron chi connectivity index (χ2n) is 4.21. The number of nitrogens with two attached hydrogens (primary N) is 1. The number of ether oxygens (including phenoxy) is 1. The SMILES string of the molecule is CCOC(=O)CCN(C)C(=O)c1ccncc1C#CCN. The first-order valence-corrected chi connectivity index (χ1v) is 6.64. The summed E-state index contributed by atoms with van der Waals surface area (Å²) in [6.45, 7) is 2.57. The molecule has 0 bridgehead atoms. The van der Waals surface area contributed by atoms with Crippen molar-refractivity contribution in [2.45, 2.75) is 13.3 Å². The quantitative estimate of drug-likeness (QED) is 0.627. The van der Waals surface area contributed by atoms with E-state index in [1.54, 1.807) is 20.0 Å². The normalized spacial score (nSPS) is 9.48. The second-order valence-corrected chi connectivity index (χ2v) is 4.21. The van der Waals surface area contributed by atoms with E-state index in [0.29, 0.717) is 17.7 Å². The minimum Gasteiger partial charge on any atom is -0.466 e. The second kappa shape index (κ2) is 8.72. The Morgan fingerprint density at radius 1 is 1.48 bits per heavy atom. The fourth-order valence-corrected chi connectivity index (χ4v) is 1.63. The highest BCUT2D eigenvalue weighted by molar-refractivity contribution is 5.96. The van der Waals surface area contributed by atoms with Crippen molar-refractivity contribution in [3.8, 4) is 11.8 Å². The summed E-state index contributed by atoms with van der Waals surface area (Å²) >= 11 is 0. The number of nitrogens with zero attached hydrogens (tertiary/aromatic N) is 2. The third-order valence-electron chi connectivity index (χ3n) is 2.68. The Morgan fingerprint density at radius 2 is 2.24 bits per heavy atom. The van der Waals surface area contributed by atoms with Crippen LogP contribution in [0.15, 0.2) is 18.5 Å². The largest absolute Gasteiger partial charge is 0.466 e. The molecule has 0 fully saturated rings. The van der Waals surface area contributed by atoms with Crippen LogP contribution in [-0.4, -0.2) is 48.5 Å². The molecule has 1 aromatic heterocycles. The van der Waals surface area contributed by atoms with Crippen molar-refractivity contribution >= 4 is 11.9 Å². The highest BCUT2D eigenvalue weighted by Crippen LogP contribution is 2.09. The van der Waals surface area contributed by atoms with Crippen molar-refractivity contribution < 1.29 is 14.3 Å². The number of esters is 1. The number of hydrogen-bond donors (Lipinski definition) is 1. The van der Waals surface area contributed by atoms with E-state index < -0.39 is 0 Å². The maximum absolute atomic E-state index is 12.3. The van der Waals surface area contributed by atoms with Gasteiger partial charge in [-0.25, -0.2) is 0 Å². The van der Waals surface area contributed by atoms with Gasteiger partial charge >= 0.3 is 5.97 Å². The maximum Gasteiger partial charge on any atom is 0.307 e. The van der Waals surface area contributed by atoms with E-state index in [0.717, 1.165) is 0 Å². The molecule has 1 amide bonds. The molecule has 0 spiro atoms. The zero-order valence-corrected chi connectivity index (χ0v) is 12.3. The van der Waals surface area contributed by atoms with Crippen molar-refractivity contribution in [3.05, 3.63) is 29.6 Å². The number of amides is 1. The van der Waals surface area contributed by atoms with Gasteiger partial charge in [-0.15, -0.1) is 0 Å². The molecule has 21 heavy (non-hydrogen) atoms. The smallest absolute Gasteiger partial charge is 0.307 e. The van der Waals surface area contributed by atoms with Gasteiger partial charge in [0.2, 0.25) is 0 Å². The Bertz CT molecular complexity index is 561. The molecule has 0 saturated heterocycles. The molecule has 6 heteroatoms. The van der Waals surface area contributed by atoms with E-state index in [2.05, 4.69) is 16.8 Å². The zero-order valence-electron chi connectivity index (χ0n) is 12.3. The first-order chi connectivity index (χ1) is 10.1. The molecule has 6 nitrogen and oxygen atoms in total. The minimum absolute atomic E-state index is 0.158. The van der Waals surface area contributed by atoms with E-state index in [4.69, 9.17) is 10.5 Å². The molecule has 1 aromatic rings. The molecule has 112 valence electrons. The van der Waals surface area contributed by atoms with Crippen LogP contribution in [-0.2, 0) is 9.53 Å². The molecule has 1 heterocycles. The van der Waals surface area contributed by atoms with Gasteiger partial charge in [-0.1, -0.05) is 11.8 Å². The average Bonchev–Trinajstić information content (AvgIpc) is 2.50. The van der Waals surface area contributed by atoms with Crippen molar-refractivity contribution in [1.29, 1.82) is 0 Å². The van der Waals surface area contributed by atoms with Gasteiger partial charge in [-0.05, 0) is 13.0 Å². The number of carbonyl (C=O) groups excluding carboxylic acids is 2.